The number of hydrogen-bond acceptors (Lipinski definition) is 3. The predicted octanol–water partition coefficient (Wildman–Crippen LogP) is 0.872. The maximum atomic E-state index is 10.4. The van der Waals surface area contributed by atoms with Crippen LogP contribution in [-0.2, 0) is 9.53 Å². The Balaban J connectivity index is 2.08. The molecule has 0 saturated carbocycles. The van der Waals surface area contributed by atoms with E-state index in [4.69, 9.17) is 4.74 Å². The average Bonchev–Trinajstić information content (AvgIpc) is 2.67. The van der Waals surface area contributed by atoms with Crippen LogP contribution in [-0.4, -0.2) is 19.1 Å². The van der Waals surface area contributed by atoms with Crippen molar-refractivity contribution in [2.75, 3.05) is 6.54 Å². The number of benzene rings is 1. The summed E-state index contributed by atoms with van der Waals surface area (Å²) in [6, 6.07) is 9.89. The van der Waals surface area contributed by atoms with E-state index in [9.17, 15) is 4.79 Å². The molecule has 0 bridgehead atoms. The summed E-state index contributed by atoms with van der Waals surface area (Å²) in [5.41, 5.74) is 1.11. The van der Waals surface area contributed by atoms with Crippen LogP contribution >= 0.6 is 0 Å². The Labute approximate surface area is 76.7 Å². The Morgan fingerprint density at radius 2 is 2.15 bits per heavy atom. The molecule has 0 aromatic heterocycles. The van der Waals surface area contributed by atoms with E-state index in [1.54, 1.807) is 0 Å². The lowest BCUT2D eigenvalue weighted by Gasteiger charge is -2.08. The molecule has 0 amide bonds. The molecule has 0 radical (unpaired) electrons. The van der Waals surface area contributed by atoms with Gasteiger partial charge in [-0.1, -0.05) is 30.3 Å². The zero-order chi connectivity index (χ0) is 9.10. The summed E-state index contributed by atoms with van der Waals surface area (Å²) in [6.45, 7) is 0.702. The van der Waals surface area contributed by atoms with Gasteiger partial charge in [0.1, 0.15) is 0 Å². The molecule has 13 heavy (non-hydrogen) atoms. The number of rotatable bonds is 2. The Bertz CT molecular complexity index is 286. The van der Waals surface area contributed by atoms with Crippen LogP contribution < -0.4 is 5.32 Å². The number of nitrogens with one attached hydrogen (secondary N) is 1. The van der Waals surface area contributed by atoms with E-state index in [1.165, 1.54) is 0 Å². The highest BCUT2D eigenvalue weighted by Gasteiger charge is 2.24. The summed E-state index contributed by atoms with van der Waals surface area (Å²) in [5.74, 6) is 0. The molecule has 0 aliphatic carbocycles. The summed E-state index contributed by atoms with van der Waals surface area (Å²) in [5, 5.41) is 2.96. The molecule has 1 N–H and O–H groups in total. The van der Waals surface area contributed by atoms with Crippen molar-refractivity contribution in [3.63, 3.8) is 0 Å². The molecule has 1 fully saturated rings. The van der Waals surface area contributed by atoms with Crippen LogP contribution in [0.1, 0.15) is 11.7 Å². The first kappa shape index (κ1) is 8.41. The summed E-state index contributed by atoms with van der Waals surface area (Å²) in [4.78, 5) is 10.4. The summed E-state index contributed by atoms with van der Waals surface area (Å²) < 4.78 is 5.42. The van der Waals surface area contributed by atoms with Gasteiger partial charge in [-0.3, -0.25) is 10.1 Å². The second kappa shape index (κ2) is 3.68. The fourth-order valence-corrected chi connectivity index (χ4v) is 1.44. The van der Waals surface area contributed by atoms with Crippen molar-refractivity contribution in [1.82, 2.24) is 5.32 Å². The molecule has 2 atom stereocenters. The van der Waals surface area contributed by atoms with E-state index in [2.05, 4.69) is 5.32 Å². The van der Waals surface area contributed by atoms with E-state index in [0.717, 1.165) is 11.8 Å². The Morgan fingerprint density at radius 1 is 1.38 bits per heavy atom. The molecule has 2 unspecified atom stereocenters. The van der Waals surface area contributed by atoms with E-state index in [0.29, 0.717) is 6.54 Å². The molecule has 1 aliphatic rings. The number of aldehydes is 1. The maximum absolute atomic E-state index is 10.4. The lowest BCUT2D eigenvalue weighted by Crippen LogP contribution is -2.23. The van der Waals surface area contributed by atoms with Crippen LogP contribution in [0.5, 0.6) is 0 Å². The highest BCUT2D eigenvalue weighted by atomic mass is 16.5. The number of ether oxygens (including phenoxy) is 1. The third kappa shape index (κ3) is 1.76. The largest absolute Gasteiger partial charge is 0.347 e. The van der Waals surface area contributed by atoms with Crippen LogP contribution in [0, 0.1) is 0 Å². The normalized spacial score (nSPS) is 27.4. The minimum absolute atomic E-state index is 0.0106. The Morgan fingerprint density at radius 3 is 2.77 bits per heavy atom. The molecule has 68 valence electrons. The van der Waals surface area contributed by atoms with Gasteiger partial charge in [-0.2, -0.15) is 0 Å². The lowest BCUT2D eigenvalue weighted by molar-refractivity contribution is -0.118. The van der Waals surface area contributed by atoms with Gasteiger partial charge in [-0.15, -0.1) is 0 Å². The highest BCUT2D eigenvalue weighted by Crippen LogP contribution is 2.21. The van der Waals surface area contributed by atoms with Crippen molar-refractivity contribution in [3.05, 3.63) is 35.9 Å². The molecule has 0 spiro atoms. The molecule has 1 aromatic rings. The molecule has 1 heterocycles. The molecular formula is C10H11NO2. The molecule has 1 saturated heterocycles. The molecule has 1 aliphatic heterocycles. The average molecular weight is 177 g/mol. The Hall–Kier alpha value is -1.19. The fraction of sp³-hybridized carbons (Fsp3) is 0.300. The summed E-state index contributed by atoms with van der Waals surface area (Å²) >= 11 is 0. The van der Waals surface area contributed by atoms with E-state index in [1.807, 2.05) is 30.3 Å². The molecule has 1 aromatic carbocycles. The molecule has 3 heteroatoms. The summed E-state index contributed by atoms with van der Waals surface area (Å²) in [6.07, 6.45) is 0.352. The van der Waals surface area contributed by atoms with Gasteiger partial charge in [0.25, 0.3) is 0 Å². The van der Waals surface area contributed by atoms with Crippen LogP contribution in [0.3, 0.4) is 0 Å². The first-order valence-corrected chi connectivity index (χ1v) is 4.29. The first-order valence-electron chi connectivity index (χ1n) is 4.29. The standard InChI is InChI=1S/C10H11NO2/c12-7-10-11-6-9(13-10)8-4-2-1-3-5-8/h1-5,7,9-11H,6H2. The smallest absolute Gasteiger partial charge is 0.165 e. The minimum atomic E-state index is -0.440. The number of carbonyl (C=O) groups excluding carboxylic acids is 1. The monoisotopic (exact) mass is 177 g/mol. The van der Waals surface area contributed by atoms with E-state index >= 15 is 0 Å². The molecule has 2 rings (SSSR count). The third-order valence-corrected chi connectivity index (χ3v) is 2.11. The van der Waals surface area contributed by atoms with Crippen LogP contribution in [0.15, 0.2) is 30.3 Å². The maximum Gasteiger partial charge on any atom is 0.165 e. The molecule has 3 nitrogen and oxygen atoms in total. The van der Waals surface area contributed by atoms with Gasteiger partial charge >= 0.3 is 0 Å². The lowest BCUT2D eigenvalue weighted by atomic mass is 10.1. The van der Waals surface area contributed by atoms with Crippen molar-refractivity contribution < 1.29 is 9.53 Å². The van der Waals surface area contributed by atoms with Crippen molar-refractivity contribution >= 4 is 6.29 Å². The van der Waals surface area contributed by atoms with Crippen molar-refractivity contribution in [3.8, 4) is 0 Å². The van der Waals surface area contributed by atoms with Gasteiger partial charge in [0.05, 0.1) is 6.10 Å². The van der Waals surface area contributed by atoms with Crippen LogP contribution in [0.2, 0.25) is 0 Å². The number of carbonyl (C=O) groups is 1. The van der Waals surface area contributed by atoms with Crippen molar-refractivity contribution in [2.24, 2.45) is 0 Å². The van der Waals surface area contributed by atoms with Crippen molar-refractivity contribution in [1.29, 1.82) is 0 Å². The topological polar surface area (TPSA) is 38.3 Å². The minimum Gasteiger partial charge on any atom is -0.347 e. The quantitative estimate of drug-likeness (QED) is 0.681. The zero-order valence-corrected chi connectivity index (χ0v) is 7.14. The molecular weight excluding hydrogens is 166 g/mol. The SMILES string of the molecule is O=CC1NCC(c2ccccc2)O1. The van der Waals surface area contributed by atoms with Gasteiger partial charge in [0.2, 0.25) is 0 Å². The summed E-state index contributed by atoms with van der Waals surface area (Å²) in [7, 11) is 0. The third-order valence-electron chi connectivity index (χ3n) is 2.11. The Kier molecular flexibility index (Phi) is 2.38. The second-order valence-electron chi connectivity index (χ2n) is 3.00. The predicted molar refractivity (Wildman–Crippen MR) is 48.1 cm³/mol. The first-order chi connectivity index (χ1) is 6.40. The van der Waals surface area contributed by atoms with Gasteiger partial charge in [0, 0.05) is 6.54 Å². The second-order valence-corrected chi connectivity index (χ2v) is 3.00. The fourth-order valence-electron chi connectivity index (χ4n) is 1.44. The van der Waals surface area contributed by atoms with Crippen LogP contribution in [0.4, 0.5) is 0 Å². The van der Waals surface area contributed by atoms with Crippen LogP contribution in [0.25, 0.3) is 0 Å². The zero-order valence-electron chi connectivity index (χ0n) is 7.14. The van der Waals surface area contributed by atoms with E-state index in [-0.39, 0.29) is 6.10 Å². The van der Waals surface area contributed by atoms with Crippen molar-refractivity contribution in [2.45, 2.75) is 12.3 Å². The van der Waals surface area contributed by atoms with E-state index < -0.39 is 6.23 Å². The van der Waals surface area contributed by atoms with Gasteiger partial charge in [-0.05, 0) is 5.56 Å². The highest BCUT2D eigenvalue weighted by molar-refractivity contribution is 5.55. The van der Waals surface area contributed by atoms with Gasteiger partial charge in [0.15, 0.2) is 12.5 Å². The van der Waals surface area contributed by atoms with Gasteiger partial charge < -0.3 is 4.74 Å². The van der Waals surface area contributed by atoms with Gasteiger partial charge in [-0.25, -0.2) is 0 Å². The number of hydrogen-bond donors (Lipinski definition) is 1.